The van der Waals surface area contributed by atoms with Gasteiger partial charge in [-0.3, -0.25) is 0 Å². The third-order valence-corrected chi connectivity index (χ3v) is 10.7. The zero-order valence-corrected chi connectivity index (χ0v) is 22.9. The summed E-state index contributed by atoms with van der Waals surface area (Å²) in [5.41, 5.74) is 1.21. The van der Waals surface area contributed by atoms with Gasteiger partial charge in [0.25, 0.3) is 0 Å². The highest BCUT2D eigenvalue weighted by molar-refractivity contribution is 7.12. The quantitative estimate of drug-likeness (QED) is 0.221. The highest BCUT2D eigenvalue weighted by Crippen LogP contribution is 2.40. The van der Waals surface area contributed by atoms with Crippen molar-refractivity contribution in [2.75, 3.05) is 32.8 Å². The van der Waals surface area contributed by atoms with Crippen LogP contribution in [0.25, 0.3) is 0 Å². The smallest absolute Gasteiger partial charge is 0.349 e. The summed E-state index contributed by atoms with van der Waals surface area (Å²) in [5, 5.41) is 15.4. The van der Waals surface area contributed by atoms with Crippen LogP contribution in [-0.4, -0.2) is 54.4 Å². The van der Waals surface area contributed by atoms with E-state index in [2.05, 4.69) is 18.2 Å². The Kier molecular flexibility index (Phi) is 7.14. The number of aliphatic hydroxyl groups is 1. The minimum Gasteiger partial charge on any atom is -0.493 e. The van der Waals surface area contributed by atoms with E-state index in [1.165, 1.54) is 59.5 Å². The third-order valence-electron chi connectivity index (χ3n) is 8.72. The van der Waals surface area contributed by atoms with E-state index in [1.54, 1.807) is 0 Å². The van der Waals surface area contributed by atoms with Gasteiger partial charge < -0.3 is 19.1 Å². The van der Waals surface area contributed by atoms with Gasteiger partial charge in [0.2, 0.25) is 5.60 Å². The number of rotatable bonds is 9. The molecule has 3 fully saturated rings. The van der Waals surface area contributed by atoms with Gasteiger partial charge in [0.05, 0.1) is 36.0 Å². The van der Waals surface area contributed by atoms with Gasteiger partial charge >= 0.3 is 5.97 Å². The molecule has 4 aliphatic rings. The fourth-order valence-corrected chi connectivity index (χ4v) is 8.29. The molecule has 1 aliphatic carbocycles. The SMILES string of the molecule is O=C(OC1C[N+]2(CCCOc3ccc4c(c3)CCCC4)CCC1CC2)C(O)(c1cccs1)c1cccs1. The van der Waals surface area contributed by atoms with Crippen molar-refractivity contribution in [3.05, 3.63) is 74.1 Å². The van der Waals surface area contributed by atoms with Crippen LogP contribution >= 0.6 is 22.7 Å². The lowest BCUT2D eigenvalue weighted by molar-refractivity contribution is -0.946. The van der Waals surface area contributed by atoms with Crippen LogP contribution in [0.1, 0.15) is 53.0 Å². The highest BCUT2D eigenvalue weighted by atomic mass is 32.1. The molecule has 0 spiro atoms. The van der Waals surface area contributed by atoms with Crippen molar-refractivity contribution in [1.82, 2.24) is 0 Å². The second-order valence-corrected chi connectivity index (χ2v) is 12.9. The zero-order chi connectivity index (χ0) is 25.3. The van der Waals surface area contributed by atoms with Crippen LogP contribution in [0.15, 0.2) is 53.2 Å². The predicted octanol–water partition coefficient (Wildman–Crippen LogP) is 5.55. The summed E-state index contributed by atoms with van der Waals surface area (Å²) in [5.74, 6) is 0.836. The van der Waals surface area contributed by atoms with Gasteiger partial charge in [0.1, 0.15) is 12.3 Å². The minimum absolute atomic E-state index is 0.150. The Morgan fingerprint density at radius 3 is 2.38 bits per heavy atom. The predicted molar refractivity (Wildman–Crippen MR) is 147 cm³/mol. The first kappa shape index (κ1) is 25.1. The minimum atomic E-state index is -1.73. The zero-order valence-electron chi connectivity index (χ0n) is 21.3. The molecule has 1 unspecified atom stereocenters. The van der Waals surface area contributed by atoms with Crippen LogP contribution in [0.3, 0.4) is 0 Å². The first-order chi connectivity index (χ1) is 18.1. The number of carbonyl (C=O) groups excluding carboxylic acids is 1. The van der Waals surface area contributed by atoms with Gasteiger partial charge in [-0.25, -0.2) is 4.79 Å². The molecule has 7 heteroatoms. The van der Waals surface area contributed by atoms with Crippen LogP contribution < -0.4 is 4.74 Å². The summed E-state index contributed by atoms with van der Waals surface area (Å²) in [6.45, 7) is 4.85. The Morgan fingerprint density at radius 2 is 1.70 bits per heavy atom. The average molecular weight is 539 g/mol. The highest BCUT2D eigenvalue weighted by Gasteiger charge is 2.51. The monoisotopic (exact) mass is 538 g/mol. The van der Waals surface area contributed by atoms with Gasteiger partial charge in [-0.2, -0.15) is 0 Å². The van der Waals surface area contributed by atoms with E-state index in [0.717, 1.165) is 55.7 Å². The molecule has 196 valence electrons. The topological polar surface area (TPSA) is 55.8 Å². The lowest BCUT2D eigenvalue weighted by Crippen LogP contribution is -2.65. The maximum atomic E-state index is 13.5. The standard InChI is InChI=1S/C30H36NO4S2/c32-29(30(33,27-8-3-18-36-27)28-9-4-19-37-28)35-26-21-31(15-12-23(26)13-16-31)14-5-17-34-25-11-10-22-6-1-2-7-24(22)20-25/h3-4,8-11,18-20,23,26,33H,1-2,5-7,12-17,21H2/q+1. The van der Waals surface area contributed by atoms with E-state index in [0.29, 0.717) is 22.3 Å². The molecule has 1 aromatic carbocycles. The molecule has 1 atom stereocenters. The summed E-state index contributed by atoms with van der Waals surface area (Å²) < 4.78 is 13.3. The number of nitrogens with zero attached hydrogens (tertiary/aromatic N) is 1. The van der Waals surface area contributed by atoms with E-state index >= 15 is 0 Å². The Bertz CT molecular complexity index is 1160. The largest absolute Gasteiger partial charge is 0.493 e. The number of carbonyl (C=O) groups is 1. The van der Waals surface area contributed by atoms with Crippen molar-refractivity contribution in [2.45, 2.75) is 56.7 Å². The van der Waals surface area contributed by atoms with Crippen LogP contribution in [0.2, 0.25) is 0 Å². The molecule has 5 nitrogen and oxygen atoms in total. The van der Waals surface area contributed by atoms with Gasteiger partial charge in [-0.1, -0.05) is 18.2 Å². The van der Waals surface area contributed by atoms with Gasteiger partial charge in [0, 0.05) is 25.2 Å². The number of fused-ring (bicyclic) bond motifs is 4. The second-order valence-electron chi connectivity index (χ2n) is 11.0. The number of esters is 1. The van der Waals surface area contributed by atoms with Crippen molar-refractivity contribution in [3.63, 3.8) is 0 Å². The maximum Gasteiger partial charge on any atom is 0.349 e. The number of thiophene rings is 2. The molecule has 2 aromatic heterocycles. The first-order valence-electron chi connectivity index (χ1n) is 13.7. The van der Waals surface area contributed by atoms with Crippen molar-refractivity contribution < 1.29 is 23.9 Å². The van der Waals surface area contributed by atoms with Crippen molar-refractivity contribution in [3.8, 4) is 5.75 Å². The molecule has 3 aliphatic heterocycles. The molecule has 1 N–H and O–H groups in total. The Balaban J connectivity index is 1.07. The molecular weight excluding hydrogens is 502 g/mol. The number of ether oxygens (including phenoxy) is 2. The molecule has 7 rings (SSSR count). The average Bonchev–Trinajstić information content (AvgIpc) is 3.67. The van der Waals surface area contributed by atoms with Gasteiger partial charge in [-0.05, 0) is 71.8 Å². The number of quaternary nitrogens is 1. The molecule has 0 amide bonds. The summed E-state index contributed by atoms with van der Waals surface area (Å²) in [7, 11) is 0. The second kappa shape index (κ2) is 10.5. The fourth-order valence-electron chi connectivity index (χ4n) is 6.57. The van der Waals surface area contributed by atoms with Crippen molar-refractivity contribution in [2.24, 2.45) is 5.92 Å². The third kappa shape index (κ3) is 4.99. The number of hydrogen-bond donors (Lipinski definition) is 1. The van der Waals surface area contributed by atoms with E-state index in [-0.39, 0.29) is 6.10 Å². The van der Waals surface area contributed by atoms with Crippen LogP contribution in [-0.2, 0) is 28.0 Å². The summed E-state index contributed by atoms with van der Waals surface area (Å²) >= 11 is 2.78. The van der Waals surface area contributed by atoms with Crippen molar-refractivity contribution in [1.29, 1.82) is 0 Å². The molecule has 0 saturated carbocycles. The Hall–Kier alpha value is -2.19. The Morgan fingerprint density at radius 1 is 1.00 bits per heavy atom. The summed E-state index contributed by atoms with van der Waals surface area (Å²) in [4.78, 5) is 14.8. The van der Waals surface area contributed by atoms with E-state index in [1.807, 2.05) is 35.0 Å². The number of piperidine rings is 3. The maximum absolute atomic E-state index is 13.5. The van der Waals surface area contributed by atoms with Crippen molar-refractivity contribution >= 4 is 28.6 Å². The number of benzene rings is 1. The summed E-state index contributed by atoms with van der Waals surface area (Å²) in [6.07, 6.45) is 7.91. The molecule has 0 radical (unpaired) electrons. The Labute approximate surface area is 227 Å². The van der Waals surface area contributed by atoms with Gasteiger partial charge in [0.15, 0.2) is 6.10 Å². The van der Waals surface area contributed by atoms with E-state index < -0.39 is 11.6 Å². The van der Waals surface area contributed by atoms with Crippen LogP contribution in [0, 0.1) is 5.92 Å². The van der Waals surface area contributed by atoms with E-state index in [9.17, 15) is 9.90 Å². The number of hydrogen-bond acceptors (Lipinski definition) is 6. The molecule has 3 saturated heterocycles. The molecule has 37 heavy (non-hydrogen) atoms. The lowest BCUT2D eigenvalue weighted by Gasteiger charge is -2.52. The van der Waals surface area contributed by atoms with Crippen LogP contribution in [0.4, 0.5) is 0 Å². The molecule has 5 heterocycles. The van der Waals surface area contributed by atoms with Gasteiger partial charge in [-0.15, -0.1) is 22.7 Å². The molecule has 2 bridgehead atoms. The van der Waals surface area contributed by atoms with E-state index in [4.69, 9.17) is 9.47 Å². The normalized spacial score (nSPS) is 25.0. The molecule has 3 aromatic rings. The van der Waals surface area contributed by atoms with Crippen LogP contribution in [0.5, 0.6) is 5.75 Å². The lowest BCUT2D eigenvalue weighted by atomic mass is 9.83. The first-order valence-corrected chi connectivity index (χ1v) is 15.4. The summed E-state index contributed by atoms with van der Waals surface area (Å²) in [6, 6.07) is 14.0. The molecular formula is C30H36NO4S2+. The number of aryl methyl sites for hydroxylation is 2. The fraction of sp³-hybridized carbons (Fsp3) is 0.500.